The molecule has 0 bridgehead atoms. The van der Waals surface area contributed by atoms with Gasteiger partial charge in [0.05, 0.1) is 41.2 Å². The number of morpholine rings is 1. The van der Waals surface area contributed by atoms with E-state index < -0.39 is 6.10 Å². The number of aliphatic hydroxyl groups excluding tert-OH is 1. The van der Waals surface area contributed by atoms with Crippen molar-refractivity contribution in [2.45, 2.75) is 70.1 Å². The van der Waals surface area contributed by atoms with Gasteiger partial charge in [-0.05, 0) is 55.9 Å². The second-order valence-corrected chi connectivity index (χ2v) is 14.5. The van der Waals surface area contributed by atoms with Crippen LogP contribution in [0.25, 0.3) is 10.2 Å². The molecular formula is C34H42N4O6S2. The number of aromatic amines is 1. The minimum Gasteiger partial charge on any atom is -0.506 e. The summed E-state index contributed by atoms with van der Waals surface area (Å²) in [4.78, 5) is 36.3. The van der Waals surface area contributed by atoms with E-state index >= 15 is 0 Å². The molecule has 2 aromatic carbocycles. The number of hydrogen-bond donors (Lipinski definition) is 3. The first kappa shape index (κ1) is 32.6. The summed E-state index contributed by atoms with van der Waals surface area (Å²) < 4.78 is 13.0. The molecule has 0 saturated carbocycles. The number of ether oxygens (including phenoxy) is 2. The Bertz CT molecular complexity index is 1710. The highest BCUT2D eigenvalue weighted by molar-refractivity contribution is 7.16. The molecule has 0 radical (unpaired) electrons. The molecule has 46 heavy (non-hydrogen) atoms. The molecule has 2 fully saturated rings. The van der Waals surface area contributed by atoms with Gasteiger partial charge in [-0.1, -0.05) is 43.4 Å². The maximum absolute atomic E-state index is 13.2. The number of rotatable bonds is 11. The minimum atomic E-state index is -0.722. The van der Waals surface area contributed by atoms with E-state index in [9.17, 15) is 19.8 Å². The topological polar surface area (TPSA) is 128 Å². The Morgan fingerprint density at radius 2 is 2.00 bits per heavy atom. The number of nitrogens with zero attached hydrogens (tertiary/aromatic N) is 3. The van der Waals surface area contributed by atoms with Crippen molar-refractivity contribution >= 4 is 38.8 Å². The van der Waals surface area contributed by atoms with Crippen LogP contribution in [0.1, 0.15) is 84.6 Å². The number of thiazole rings is 2. The Kier molecular flexibility index (Phi) is 10.1. The maximum atomic E-state index is 13.2. The molecule has 6 rings (SSSR count). The Balaban J connectivity index is 0.941. The molecule has 2 aliphatic heterocycles. The molecular weight excluding hydrogens is 625 g/mol. The number of fused-ring (bicyclic) bond motifs is 1. The second kappa shape index (κ2) is 14.2. The van der Waals surface area contributed by atoms with Crippen LogP contribution in [0, 0.1) is 0 Å². The Hall–Kier alpha value is -3.29. The fourth-order valence-corrected chi connectivity index (χ4v) is 8.06. The summed E-state index contributed by atoms with van der Waals surface area (Å²) in [6.45, 7) is 9.13. The van der Waals surface area contributed by atoms with Gasteiger partial charge in [0, 0.05) is 43.0 Å². The van der Waals surface area contributed by atoms with Crippen LogP contribution in [0.3, 0.4) is 0 Å². The van der Waals surface area contributed by atoms with E-state index in [4.69, 9.17) is 9.47 Å². The number of aromatic hydroxyl groups is 1. The standard InChI is InChI=1S/C34H42N4O6S2/c1-22(2)31-35-26(20-45-31)32(41)38-15-17-44-34(21-38)11-13-37(14-12-34)19-23-6-5-7-24(18-23)43-16-4-3-8-27(39)25-9-10-28(40)29-30(25)46-33(42)36-29/h5-7,9-10,18,20,22,27,39-40H,3-4,8,11-17,19,21H2,1-2H3,(H,36,42)/t27-/m0/s1. The van der Waals surface area contributed by atoms with E-state index in [0.29, 0.717) is 60.1 Å². The van der Waals surface area contributed by atoms with Crippen LogP contribution < -0.4 is 9.61 Å². The van der Waals surface area contributed by atoms with Gasteiger partial charge in [0.2, 0.25) is 0 Å². The molecule has 2 saturated heterocycles. The molecule has 1 atom stereocenters. The second-order valence-electron chi connectivity index (χ2n) is 12.7. The summed E-state index contributed by atoms with van der Waals surface area (Å²) in [5.41, 5.74) is 2.49. The van der Waals surface area contributed by atoms with Crippen LogP contribution in [0.4, 0.5) is 0 Å². The molecule has 246 valence electrons. The lowest BCUT2D eigenvalue weighted by atomic mass is 9.89. The minimum absolute atomic E-state index is 0.00918. The number of likely N-dealkylation sites (tertiary alicyclic amines) is 1. The number of unbranched alkanes of at least 4 members (excludes halogenated alkanes) is 1. The summed E-state index contributed by atoms with van der Waals surface area (Å²) in [5.74, 6) is 1.17. The highest BCUT2D eigenvalue weighted by Gasteiger charge is 2.41. The van der Waals surface area contributed by atoms with Gasteiger partial charge in [0.1, 0.15) is 22.7 Å². The first-order valence-electron chi connectivity index (χ1n) is 16.1. The third-order valence-corrected chi connectivity index (χ3v) is 11.0. The van der Waals surface area contributed by atoms with Crippen LogP contribution in [0.5, 0.6) is 11.5 Å². The lowest BCUT2D eigenvalue weighted by molar-refractivity contribution is -0.128. The number of phenols is 1. The van der Waals surface area contributed by atoms with Gasteiger partial charge in [-0.3, -0.25) is 14.5 Å². The molecule has 0 aliphatic carbocycles. The number of phenolic OH excluding ortho intramolecular Hbond substituents is 1. The predicted molar refractivity (Wildman–Crippen MR) is 180 cm³/mol. The van der Waals surface area contributed by atoms with Gasteiger partial charge in [-0.15, -0.1) is 11.3 Å². The number of carbonyl (C=O) groups excluding carboxylic acids is 1. The van der Waals surface area contributed by atoms with E-state index in [1.54, 1.807) is 17.4 Å². The van der Waals surface area contributed by atoms with Crippen molar-refractivity contribution in [1.29, 1.82) is 0 Å². The first-order chi connectivity index (χ1) is 22.2. The van der Waals surface area contributed by atoms with Gasteiger partial charge in [0.15, 0.2) is 0 Å². The van der Waals surface area contributed by atoms with E-state index in [1.807, 2.05) is 22.4 Å². The van der Waals surface area contributed by atoms with Crippen molar-refractivity contribution in [1.82, 2.24) is 19.8 Å². The molecule has 1 spiro atoms. The largest absolute Gasteiger partial charge is 0.506 e. The molecule has 2 aromatic heterocycles. The number of hydrogen-bond acceptors (Lipinski definition) is 10. The number of aromatic nitrogens is 2. The van der Waals surface area contributed by atoms with E-state index in [1.165, 1.54) is 11.6 Å². The number of aliphatic hydroxyl groups is 1. The van der Waals surface area contributed by atoms with Crippen molar-refractivity contribution in [3.63, 3.8) is 0 Å². The third-order valence-electron chi connectivity index (χ3n) is 8.93. The van der Waals surface area contributed by atoms with Crippen LogP contribution >= 0.6 is 22.7 Å². The van der Waals surface area contributed by atoms with Gasteiger partial charge < -0.3 is 29.6 Å². The lowest BCUT2D eigenvalue weighted by Crippen LogP contribution is -2.58. The average molecular weight is 667 g/mol. The molecule has 0 unspecified atom stereocenters. The molecule has 4 aromatic rings. The smallest absolute Gasteiger partial charge is 0.305 e. The molecule has 2 aliphatic rings. The summed E-state index contributed by atoms with van der Waals surface area (Å²) >= 11 is 2.56. The molecule has 3 N–H and O–H groups in total. The Morgan fingerprint density at radius 3 is 2.78 bits per heavy atom. The maximum Gasteiger partial charge on any atom is 0.305 e. The van der Waals surface area contributed by atoms with Crippen LogP contribution in [-0.2, 0) is 11.3 Å². The molecule has 4 heterocycles. The summed E-state index contributed by atoms with van der Waals surface area (Å²) in [6.07, 6.45) is 3.11. The van der Waals surface area contributed by atoms with Gasteiger partial charge in [0.25, 0.3) is 5.91 Å². The zero-order chi connectivity index (χ0) is 32.3. The lowest BCUT2D eigenvalue weighted by Gasteiger charge is -2.47. The van der Waals surface area contributed by atoms with Crippen molar-refractivity contribution < 1.29 is 24.5 Å². The number of amides is 1. The normalized spacial score (nSPS) is 17.6. The fourth-order valence-electron chi connectivity index (χ4n) is 6.33. The van der Waals surface area contributed by atoms with Gasteiger partial charge in [-0.2, -0.15) is 0 Å². The number of carbonyl (C=O) groups is 1. The van der Waals surface area contributed by atoms with Gasteiger partial charge in [-0.25, -0.2) is 4.98 Å². The third kappa shape index (κ3) is 7.47. The molecule has 10 nitrogen and oxygen atoms in total. The number of piperidine rings is 1. The van der Waals surface area contributed by atoms with E-state index in [2.05, 4.69) is 40.8 Å². The average Bonchev–Trinajstić information content (AvgIpc) is 3.70. The number of benzene rings is 2. The summed E-state index contributed by atoms with van der Waals surface area (Å²) in [7, 11) is 0. The summed E-state index contributed by atoms with van der Waals surface area (Å²) in [6, 6.07) is 11.4. The quantitative estimate of drug-likeness (QED) is 0.175. The van der Waals surface area contributed by atoms with Crippen LogP contribution in [0.2, 0.25) is 0 Å². The molecule has 12 heteroatoms. The zero-order valence-electron chi connectivity index (χ0n) is 26.4. The summed E-state index contributed by atoms with van der Waals surface area (Å²) in [5, 5.41) is 23.6. The molecule has 1 amide bonds. The zero-order valence-corrected chi connectivity index (χ0v) is 28.0. The van der Waals surface area contributed by atoms with Crippen LogP contribution in [0.15, 0.2) is 46.6 Å². The monoisotopic (exact) mass is 666 g/mol. The van der Waals surface area contributed by atoms with Crippen molar-refractivity contribution in [3.8, 4) is 11.5 Å². The highest BCUT2D eigenvalue weighted by Crippen LogP contribution is 2.34. The number of H-pyrrole nitrogens is 1. The van der Waals surface area contributed by atoms with Crippen molar-refractivity contribution in [2.75, 3.05) is 39.4 Å². The highest BCUT2D eigenvalue weighted by atomic mass is 32.1. The number of nitrogens with one attached hydrogen (secondary N) is 1. The Labute approximate surface area is 276 Å². The first-order valence-corrected chi connectivity index (χ1v) is 17.7. The SMILES string of the molecule is CC(C)c1nc(C(=O)N2CCOC3(CCN(Cc4cccc(OCCCC[C@H](O)c5ccc(O)c6[nH]c(=O)sc56)c4)CC3)C2)cs1. The van der Waals surface area contributed by atoms with E-state index in [0.717, 1.165) is 67.4 Å². The van der Waals surface area contributed by atoms with Crippen molar-refractivity contribution in [3.05, 3.63) is 73.3 Å². The Morgan fingerprint density at radius 1 is 1.17 bits per heavy atom. The van der Waals surface area contributed by atoms with E-state index in [-0.39, 0.29) is 22.1 Å². The van der Waals surface area contributed by atoms with Gasteiger partial charge >= 0.3 is 4.87 Å². The van der Waals surface area contributed by atoms with Crippen molar-refractivity contribution in [2.24, 2.45) is 0 Å². The fraction of sp³-hybridized carbons (Fsp3) is 0.500. The predicted octanol–water partition coefficient (Wildman–Crippen LogP) is 5.67. The van der Waals surface area contributed by atoms with Crippen LogP contribution in [-0.4, -0.2) is 80.9 Å².